The van der Waals surface area contributed by atoms with Crippen LogP contribution in [-0.4, -0.2) is 10.1 Å². The number of fused-ring (bicyclic) bond motifs is 5. The molecule has 0 aliphatic heterocycles. The molecular weight excluding hydrogens is 495 g/mol. The second-order valence-electron chi connectivity index (χ2n) is 12.9. The minimum atomic E-state index is -0.118. The van der Waals surface area contributed by atoms with Crippen molar-refractivity contribution in [3.63, 3.8) is 0 Å². The van der Waals surface area contributed by atoms with Crippen molar-refractivity contribution in [2.75, 3.05) is 0 Å². The summed E-state index contributed by atoms with van der Waals surface area (Å²) in [5.41, 5.74) is 1.08. The van der Waals surface area contributed by atoms with Crippen LogP contribution >= 0.6 is 22.6 Å². The van der Waals surface area contributed by atoms with Crippen LogP contribution in [0.1, 0.15) is 112 Å². The Morgan fingerprint density at radius 2 is 1.65 bits per heavy atom. The minimum absolute atomic E-state index is 0.118. The first kappa shape index (κ1) is 24.3. The Bertz CT molecular complexity index is 647. The van der Waals surface area contributed by atoms with E-state index in [1.54, 1.807) is 22.6 Å². The Morgan fingerprint density at radius 3 is 2.35 bits per heavy atom. The van der Waals surface area contributed by atoms with Crippen LogP contribution in [-0.2, 0) is 4.74 Å². The molecule has 4 aliphatic carbocycles. The second kappa shape index (κ2) is 9.45. The SMILES string of the molecule is CC(C)CCC[C@@H](C)C1CCC2C3CCC4C[C@@H](OC(=O)I)CC[C@]4(C)C3CC[C@@]21C. The van der Waals surface area contributed by atoms with E-state index in [9.17, 15) is 4.79 Å². The molecule has 0 aromatic heterocycles. The molecule has 4 rings (SSSR count). The summed E-state index contributed by atoms with van der Waals surface area (Å²) in [7, 11) is 0. The van der Waals surface area contributed by atoms with Crippen molar-refractivity contribution in [3.05, 3.63) is 0 Å². The highest BCUT2D eigenvalue weighted by Crippen LogP contribution is 2.68. The van der Waals surface area contributed by atoms with Crippen LogP contribution in [0, 0.1) is 52.3 Å². The van der Waals surface area contributed by atoms with Gasteiger partial charge in [-0.25, -0.2) is 4.79 Å². The van der Waals surface area contributed by atoms with Crippen LogP contribution in [0.4, 0.5) is 4.79 Å². The monoisotopic (exact) mass is 542 g/mol. The number of halogens is 1. The van der Waals surface area contributed by atoms with Crippen molar-refractivity contribution in [2.24, 2.45) is 52.3 Å². The Morgan fingerprint density at radius 1 is 0.935 bits per heavy atom. The quantitative estimate of drug-likeness (QED) is 0.247. The molecular formula is C28H47IO2. The number of rotatable bonds is 6. The average molecular weight is 543 g/mol. The van der Waals surface area contributed by atoms with E-state index in [1.807, 2.05) is 0 Å². The molecule has 0 radical (unpaired) electrons. The molecule has 9 atom stereocenters. The molecule has 178 valence electrons. The second-order valence-corrected chi connectivity index (χ2v) is 13.8. The van der Waals surface area contributed by atoms with E-state index in [1.165, 1.54) is 64.2 Å². The lowest BCUT2D eigenvalue weighted by Crippen LogP contribution is -2.54. The first-order chi connectivity index (χ1) is 14.6. The third kappa shape index (κ3) is 4.61. The van der Waals surface area contributed by atoms with E-state index in [0.29, 0.717) is 10.8 Å². The van der Waals surface area contributed by atoms with Crippen molar-refractivity contribution >= 4 is 26.6 Å². The van der Waals surface area contributed by atoms with Crippen molar-refractivity contribution < 1.29 is 9.53 Å². The van der Waals surface area contributed by atoms with Crippen LogP contribution in [0.25, 0.3) is 0 Å². The largest absolute Gasteiger partial charge is 0.455 e. The highest BCUT2D eigenvalue weighted by Gasteiger charge is 2.60. The maximum Gasteiger partial charge on any atom is 0.367 e. The van der Waals surface area contributed by atoms with Crippen LogP contribution in [0.15, 0.2) is 0 Å². The number of hydrogen-bond acceptors (Lipinski definition) is 2. The van der Waals surface area contributed by atoms with Crippen molar-refractivity contribution in [1.82, 2.24) is 0 Å². The summed E-state index contributed by atoms with van der Waals surface area (Å²) in [6.07, 6.45) is 16.6. The normalized spacial score (nSPS) is 45.5. The summed E-state index contributed by atoms with van der Waals surface area (Å²) >= 11 is 1.80. The molecule has 0 aromatic carbocycles. The molecule has 0 saturated heterocycles. The van der Waals surface area contributed by atoms with Crippen molar-refractivity contribution in [2.45, 2.75) is 118 Å². The maximum absolute atomic E-state index is 11.5. The molecule has 0 N–H and O–H groups in total. The standard InChI is InChI=1S/C28H47IO2/c1-18(2)7-6-8-19(3)23-11-12-24-22-10-9-20-17-21(31-26(29)30)13-15-27(20,4)25(22)14-16-28(23,24)5/h18-25H,6-17H2,1-5H3/t19-,20?,21+,22?,23?,24?,25?,27+,28-/m1/s1. The van der Waals surface area contributed by atoms with Gasteiger partial charge in [-0.3, -0.25) is 0 Å². The van der Waals surface area contributed by atoms with Gasteiger partial charge in [-0.15, -0.1) is 0 Å². The molecule has 3 heteroatoms. The van der Waals surface area contributed by atoms with E-state index in [-0.39, 0.29) is 10.1 Å². The molecule has 0 amide bonds. The Hall–Kier alpha value is 0.200. The molecule has 31 heavy (non-hydrogen) atoms. The number of carbonyl (C=O) groups is 1. The highest BCUT2D eigenvalue weighted by atomic mass is 127. The lowest BCUT2D eigenvalue weighted by molar-refractivity contribution is -0.128. The maximum atomic E-state index is 11.5. The lowest BCUT2D eigenvalue weighted by atomic mass is 9.44. The summed E-state index contributed by atoms with van der Waals surface area (Å²) in [4.78, 5) is 11.5. The third-order valence-electron chi connectivity index (χ3n) is 11.1. The molecule has 0 bridgehead atoms. The van der Waals surface area contributed by atoms with Gasteiger partial charge in [0.05, 0.1) is 22.6 Å². The molecule has 4 saturated carbocycles. The Labute approximate surface area is 205 Å². The Balaban J connectivity index is 1.43. The summed E-state index contributed by atoms with van der Waals surface area (Å²) in [6, 6.07) is 0. The van der Waals surface area contributed by atoms with Gasteiger partial charge in [-0.1, -0.05) is 53.9 Å². The summed E-state index contributed by atoms with van der Waals surface area (Å²) in [6.45, 7) is 12.7. The van der Waals surface area contributed by atoms with Crippen LogP contribution < -0.4 is 0 Å². The van der Waals surface area contributed by atoms with Gasteiger partial charge in [0.1, 0.15) is 6.10 Å². The van der Waals surface area contributed by atoms with E-state index in [2.05, 4.69) is 34.6 Å². The zero-order chi connectivity index (χ0) is 22.4. The molecule has 0 aromatic rings. The fourth-order valence-corrected chi connectivity index (χ4v) is 9.84. The zero-order valence-corrected chi connectivity index (χ0v) is 23.0. The van der Waals surface area contributed by atoms with Crippen molar-refractivity contribution in [3.8, 4) is 0 Å². The average Bonchev–Trinajstić information content (AvgIpc) is 3.05. The summed E-state index contributed by atoms with van der Waals surface area (Å²) < 4.78 is 5.52. The van der Waals surface area contributed by atoms with Crippen molar-refractivity contribution in [1.29, 1.82) is 0 Å². The van der Waals surface area contributed by atoms with E-state index < -0.39 is 0 Å². The predicted molar refractivity (Wildman–Crippen MR) is 137 cm³/mol. The van der Waals surface area contributed by atoms with Gasteiger partial charge >= 0.3 is 3.98 Å². The highest BCUT2D eigenvalue weighted by molar-refractivity contribution is 14.1. The number of ether oxygens (including phenoxy) is 1. The van der Waals surface area contributed by atoms with Gasteiger partial charge in [-0.05, 0) is 110 Å². The Kier molecular flexibility index (Phi) is 7.42. The van der Waals surface area contributed by atoms with E-state index in [4.69, 9.17) is 4.74 Å². The summed E-state index contributed by atoms with van der Waals surface area (Å²) in [5, 5.41) is 0. The molecule has 2 nitrogen and oxygen atoms in total. The van der Waals surface area contributed by atoms with Gasteiger partial charge in [0.2, 0.25) is 0 Å². The summed E-state index contributed by atoms with van der Waals surface area (Å²) in [5.74, 6) is 6.30. The van der Waals surface area contributed by atoms with Gasteiger partial charge in [0.15, 0.2) is 0 Å². The molecule has 0 spiro atoms. The number of carbonyl (C=O) groups excluding carboxylic acids is 1. The smallest absolute Gasteiger partial charge is 0.367 e. The van der Waals surface area contributed by atoms with Crippen LogP contribution in [0.2, 0.25) is 0 Å². The predicted octanol–water partition coefficient (Wildman–Crippen LogP) is 9.05. The first-order valence-electron chi connectivity index (χ1n) is 13.5. The third-order valence-corrected chi connectivity index (χ3v) is 11.3. The van der Waals surface area contributed by atoms with Crippen LogP contribution in [0.3, 0.4) is 0 Å². The molecule has 4 fully saturated rings. The fourth-order valence-electron chi connectivity index (χ4n) is 9.48. The minimum Gasteiger partial charge on any atom is -0.455 e. The molecule has 5 unspecified atom stereocenters. The molecule has 4 aliphatic rings. The first-order valence-corrected chi connectivity index (χ1v) is 14.6. The van der Waals surface area contributed by atoms with Gasteiger partial charge in [-0.2, -0.15) is 0 Å². The van der Waals surface area contributed by atoms with Gasteiger partial charge in [0.25, 0.3) is 0 Å². The van der Waals surface area contributed by atoms with E-state index >= 15 is 0 Å². The number of hydrogen-bond donors (Lipinski definition) is 0. The lowest BCUT2D eigenvalue weighted by Gasteiger charge is -2.61. The van der Waals surface area contributed by atoms with Gasteiger partial charge in [0, 0.05) is 0 Å². The topological polar surface area (TPSA) is 26.3 Å². The fraction of sp³-hybridized carbons (Fsp3) is 0.964. The van der Waals surface area contributed by atoms with Gasteiger partial charge < -0.3 is 4.74 Å². The zero-order valence-electron chi connectivity index (χ0n) is 20.8. The van der Waals surface area contributed by atoms with E-state index in [0.717, 1.165) is 54.3 Å². The van der Waals surface area contributed by atoms with Crippen LogP contribution in [0.5, 0.6) is 0 Å². The molecule has 0 heterocycles.